The highest BCUT2D eigenvalue weighted by atomic mass is 19.2. The summed E-state index contributed by atoms with van der Waals surface area (Å²) in [6, 6.07) is 7.48. The number of hydrogen-bond donors (Lipinski definition) is 1. The second-order valence-corrected chi connectivity index (χ2v) is 3.70. The van der Waals surface area contributed by atoms with Crippen molar-refractivity contribution in [2.24, 2.45) is 0 Å². The molecule has 0 aliphatic carbocycles. The van der Waals surface area contributed by atoms with E-state index in [1.54, 1.807) is 0 Å². The minimum atomic E-state index is -0.974. The molecule has 0 saturated carbocycles. The molecule has 2 nitrogen and oxygen atoms in total. The summed E-state index contributed by atoms with van der Waals surface area (Å²) in [7, 11) is 0. The van der Waals surface area contributed by atoms with Crippen LogP contribution in [0.15, 0.2) is 36.4 Å². The zero-order valence-corrected chi connectivity index (χ0v) is 9.29. The van der Waals surface area contributed by atoms with Gasteiger partial charge in [0.05, 0.1) is 5.69 Å². The number of hydrogen-bond acceptors (Lipinski definition) is 2. The van der Waals surface area contributed by atoms with Crippen LogP contribution in [0.5, 0.6) is 5.75 Å². The van der Waals surface area contributed by atoms with Gasteiger partial charge < -0.3 is 10.5 Å². The Kier molecular flexibility index (Phi) is 3.41. The van der Waals surface area contributed by atoms with Crippen LogP contribution in [0, 0.1) is 17.5 Å². The van der Waals surface area contributed by atoms with E-state index in [1.165, 1.54) is 24.3 Å². The van der Waals surface area contributed by atoms with Gasteiger partial charge in [-0.15, -0.1) is 0 Å². The zero-order chi connectivity index (χ0) is 13.1. The standard InChI is InChI=1S/C13H10F3NO/c14-9-5-4-8(6-11(9)16)7-18-13-10(15)2-1-3-12(13)17/h1-6H,7,17H2. The molecular weight excluding hydrogens is 243 g/mol. The molecule has 2 aromatic carbocycles. The van der Waals surface area contributed by atoms with Crippen LogP contribution < -0.4 is 10.5 Å². The monoisotopic (exact) mass is 253 g/mol. The van der Waals surface area contributed by atoms with E-state index in [1.807, 2.05) is 0 Å². The average molecular weight is 253 g/mol. The lowest BCUT2D eigenvalue weighted by Crippen LogP contribution is -2.01. The molecule has 18 heavy (non-hydrogen) atoms. The fraction of sp³-hybridized carbons (Fsp3) is 0.0769. The number of nitrogens with two attached hydrogens (primary N) is 1. The Bertz CT molecular complexity index is 552. The third-order valence-electron chi connectivity index (χ3n) is 2.36. The molecule has 0 spiro atoms. The molecule has 5 heteroatoms. The van der Waals surface area contributed by atoms with Crippen LogP contribution in [0.1, 0.15) is 5.56 Å². The number of benzene rings is 2. The molecule has 0 fully saturated rings. The molecule has 0 bridgehead atoms. The summed E-state index contributed by atoms with van der Waals surface area (Å²) in [5, 5.41) is 0. The Labute approximate surface area is 102 Å². The van der Waals surface area contributed by atoms with E-state index >= 15 is 0 Å². The van der Waals surface area contributed by atoms with Crippen molar-refractivity contribution >= 4 is 5.69 Å². The van der Waals surface area contributed by atoms with Gasteiger partial charge in [-0.05, 0) is 29.8 Å². The highest BCUT2D eigenvalue weighted by Gasteiger charge is 2.08. The third kappa shape index (κ3) is 2.56. The number of nitrogen functional groups attached to an aromatic ring is 1. The molecule has 0 aliphatic heterocycles. The van der Waals surface area contributed by atoms with E-state index in [4.69, 9.17) is 10.5 Å². The molecule has 0 aliphatic rings. The van der Waals surface area contributed by atoms with Gasteiger partial charge in [0.15, 0.2) is 23.2 Å². The smallest absolute Gasteiger partial charge is 0.178 e. The van der Waals surface area contributed by atoms with Gasteiger partial charge in [-0.25, -0.2) is 13.2 Å². The first-order valence-electron chi connectivity index (χ1n) is 5.18. The van der Waals surface area contributed by atoms with Crippen LogP contribution in [-0.4, -0.2) is 0 Å². The predicted octanol–water partition coefficient (Wildman–Crippen LogP) is 3.27. The normalized spacial score (nSPS) is 10.4. The number of para-hydroxylation sites is 1. The minimum Gasteiger partial charge on any atom is -0.484 e. The summed E-state index contributed by atoms with van der Waals surface area (Å²) in [5.41, 5.74) is 6.08. The summed E-state index contributed by atoms with van der Waals surface area (Å²) in [5.74, 6) is -2.61. The minimum absolute atomic E-state index is 0.0949. The Morgan fingerprint density at radius 1 is 0.944 bits per heavy atom. The summed E-state index contributed by atoms with van der Waals surface area (Å²) in [6.07, 6.45) is 0. The van der Waals surface area contributed by atoms with Gasteiger partial charge in [0.1, 0.15) is 6.61 Å². The summed E-state index contributed by atoms with van der Waals surface area (Å²) < 4.78 is 44.1. The van der Waals surface area contributed by atoms with E-state index in [0.29, 0.717) is 5.56 Å². The van der Waals surface area contributed by atoms with Crippen LogP contribution >= 0.6 is 0 Å². The fourth-order valence-corrected chi connectivity index (χ4v) is 1.46. The largest absolute Gasteiger partial charge is 0.484 e. The van der Waals surface area contributed by atoms with Gasteiger partial charge in [-0.3, -0.25) is 0 Å². The molecular formula is C13H10F3NO. The highest BCUT2D eigenvalue weighted by Crippen LogP contribution is 2.25. The maximum absolute atomic E-state index is 13.4. The first-order chi connectivity index (χ1) is 8.58. The molecule has 2 rings (SSSR count). The summed E-state index contributed by atoms with van der Waals surface area (Å²) in [6.45, 7) is -0.0949. The van der Waals surface area contributed by atoms with E-state index in [9.17, 15) is 13.2 Å². The molecule has 94 valence electrons. The lowest BCUT2D eigenvalue weighted by molar-refractivity contribution is 0.291. The van der Waals surface area contributed by atoms with E-state index in [-0.39, 0.29) is 18.0 Å². The lowest BCUT2D eigenvalue weighted by atomic mass is 10.2. The fourth-order valence-electron chi connectivity index (χ4n) is 1.46. The number of halogens is 3. The first kappa shape index (κ1) is 12.3. The van der Waals surface area contributed by atoms with Crippen LogP contribution in [-0.2, 0) is 6.61 Å². The lowest BCUT2D eigenvalue weighted by Gasteiger charge is -2.09. The van der Waals surface area contributed by atoms with Crippen molar-refractivity contribution in [2.45, 2.75) is 6.61 Å². The van der Waals surface area contributed by atoms with Gasteiger partial charge in [0, 0.05) is 0 Å². The zero-order valence-electron chi connectivity index (χ0n) is 9.29. The van der Waals surface area contributed by atoms with Crippen molar-refractivity contribution in [1.29, 1.82) is 0 Å². The Morgan fingerprint density at radius 2 is 1.72 bits per heavy atom. The van der Waals surface area contributed by atoms with Crippen LogP contribution in [0.4, 0.5) is 18.9 Å². The molecule has 0 atom stereocenters. The van der Waals surface area contributed by atoms with Crippen LogP contribution in [0.3, 0.4) is 0 Å². The molecule has 0 radical (unpaired) electrons. The second kappa shape index (κ2) is 5.00. The van der Waals surface area contributed by atoms with Crippen LogP contribution in [0.25, 0.3) is 0 Å². The number of rotatable bonds is 3. The van der Waals surface area contributed by atoms with Gasteiger partial charge in [-0.2, -0.15) is 0 Å². The van der Waals surface area contributed by atoms with Gasteiger partial charge >= 0.3 is 0 Å². The maximum Gasteiger partial charge on any atom is 0.178 e. The van der Waals surface area contributed by atoms with Crippen molar-refractivity contribution in [3.63, 3.8) is 0 Å². The average Bonchev–Trinajstić information content (AvgIpc) is 2.33. The first-order valence-corrected chi connectivity index (χ1v) is 5.18. The van der Waals surface area contributed by atoms with Crippen molar-refractivity contribution in [2.75, 3.05) is 5.73 Å². The Balaban J connectivity index is 2.14. The molecule has 0 aromatic heterocycles. The molecule has 0 heterocycles. The molecule has 0 unspecified atom stereocenters. The van der Waals surface area contributed by atoms with Gasteiger partial charge in [0.2, 0.25) is 0 Å². The topological polar surface area (TPSA) is 35.2 Å². The van der Waals surface area contributed by atoms with Crippen molar-refractivity contribution in [3.8, 4) is 5.75 Å². The van der Waals surface area contributed by atoms with Crippen LogP contribution in [0.2, 0.25) is 0 Å². The molecule has 2 aromatic rings. The Morgan fingerprint density at radius 3 is 2.39 bits per heavy atom. The van der Waals surface area contributed by atoms with Gasteiger partial charge in [0.25, 0.3) is 0 Å². The van der Waals surface area contributed by atoms with E-state index < -0.39 is 17.5 Å². The molecule has 0 saturated heterocycles. The van der Waals surface area contributed by atoms with E-state index in [2.05, 4.69) is 0 Å². The second-order valence-electron chi connectivity index (χ2n) is 3.70. The van der Waals surface area contributed by atoms with Gasteiger partial charge in [-0.1, -0.05) is 12.1 Å². The molecule has 2 N–H and O–H groups in total. The number of ether oxygens (including phenoxy) is 1. The molecule has 0 amide bonds. The van der Waals surface area contributed by atoms with E-state index in [0.717, 1.165) is 12.1 Å². The highest BCUT2D eigenvalue weighted by molar-refractivity contribution is 5.52. The van der Waals surface area contributed by atoms with Crippen molar-refractivity contribution in [3.05, 3.63) is 59.4 Å². The quantitative estimate of drug-likeness (QED) is 0.852. The number of anilines is 1. The van der Waals surface area contributed by atoms with Crippen molar-refractivity contribution < 1.29 is 17.9 Å². The SMILES string of the molecule is Nc1cccc(F)c1OCc1ccc(F)c(F)c1. The summed E-state index contributed by atoms with van der Waals surface area (Å²) in [4.78, 5) is 0. The maximum atomic E-state index is 13.4. The summed E-state index contributed by atoms with van der Waals surface area (Å²) >= 11 is 0. The predicted molar refractivity (Wildman–Crippen MR) is 61.5 cm³/mol. The third-order valence-corrected chi connectivity index (χ3v) is 2.36. The Hall–Kier alpha value is -2.17. The van der Waals surface area contributed by atoms with Crippen molar-refractivity contribution in [1.82, 2.24) is 0 Å².